The zero-order valence-electron chi connectivity index (χ0n) is 18.2. The molecule has 0 saturated heterocycles. The highest BCUT2D eigenvalue weighted by Crippen LogP contribution is 2.27. The SMILES string of the molecule is COc1cccc(C(=O)Oc2ccc(/C=N/NC(=O)C(=O)Nc3cc(Cl)ccc3OC)cc2)c1. The Hall–Kier alpha value is -4.37. The maximum Gasteiger partial charge on any atom is 0.343 e. The van der Waals surface area contributed by atoms with Crippen LogP contribution in [-0.2, 0) is 9.59 Å². The third-order valence-electron chi connectivity index (χ3n) is 4.39. The van der Waals surface area contributed by atoms with E-state index >= 15 is 0 Å². The number of carbonyl (C=O) groups excluding carboxylic acids is 3. The lowest BCUT2D eigenvalue weighted by molar-refractivity contribution is -0.136. The summed E-state index contributed by atoms with van der Waals surface area (Å²) in [4.78, 5) is 36.4. The van der Waals surface area contributed by atoms with Gasteiger partial charge in [0, 0.05) is 5.02 Å². The van der Waals surface area contributed by atoms with Gasteiger partial charge < -0.3 is 19.5 Å². The minimum absolute atomic E-state index is 0.248. The summed E-state index contributed by atoms with van der Waals surface area (Å²) in [5.41, 5.74) is 3.32. The summed E-state index contributed by atoms with van der Waals surface area (Å²) in [7, 11) is 2.93. The van der Waals surface area contributed by atoms with Crippen molar-refractivity contribution >= 4 is 41.3 Å². The molecule has 10 heteroatoms. The van der Waals surface area contributed by atoms with Crippen molar-refractivity contribution in [2.45, 2.75) is 0 Å². The first-order valence-corrected chi connectivity index (χ1v) is 10.2. The molecule has 3 aromatic carbocycles. The molecule has 0 radical (unpaired) electrons. The molecule has 0 aromatic heterocycles. The number of hydrogen-bond donors (Lipinski definition) is 2. The number of benzene rings is 3. The topological polar surface area (TPSA) is 115 Å². The van der Waals surface area contributed by atoms with Crippen molar-refractivity contribution in [3.05, 3.63) is 82.9 Å². The number of methoxy groups -OCH3 is 2. The van der Waals surface area contributed by atoms with E-state index in [4.69, 9.17) is 25.8 Å². The van der Waals surface area contributed by atoms with Crippen molar-refractivity contribution < 1.29 is 28.6 Å². The Kier molecular flexibility index (Phi) is 8.20. The van der Waals surface area contributed by atoms with E-state index in [0.29, 0.717) is 33.4 Å². The van der Waals surface area contributed by atoms with E-state index in [-0.39, 0.29) is 5.69 Å². The van der Waals surface area contributed by atoms with Gasteiger partial charge in [-0.1, -0.05) is 17.7 Å². The second-order valence-corrected chi connectivity index (χ2v) is 7.12. The van der Waals surface area contributed by atoms with Crippen molar-refractivity contribution in [2.75, 3.05) is 19.5 Å². The molecule has 174 valence electrons. The number of esters is 1. The van der Waals surface area contributed by atoms with Crippen LogP contribution < -0.4 is 25.0 Å². The molecular formula is C24H20ClN3O6. The normalized spacial score (nSPS) is 10.4. The maximum absolute atomic E-state index is 12.3. The first-order chi connectivity index (χ1) is 16.4. The zero-order chi connectivity index (χ0) is 24.5. The third kappa shape index (κ3) is 6.57. The van der Waals surface area contributed by atoms with Crippen molar-refractivity contribution in [2.24, 2.45) is 5.10 Å². The molecule has 0 bridgehead atoms. The van der Waals surface area contributed by atoms with Gasteiger partial charge >= 0.3 is 17.8 Å². The highest BCUT2D eigenvalue weighted by molar-refractivity contribution is 6.40. The minimum atomic E-state index is -0.984. The van der Waals surface area contributed by atoms with Crippen molar-refractivity contribution in [3.8, 4) is 17.2 Å². The van der Waals surface area contributed by atoms with Crippen LogP contribution in [0.2, 0.25) is 5.02 Å². The Morgan fingerprint density at radius 1 is 0.882 bits per heavy atom. The fraction of sp³-hybridized carbons (Fsp3) is 0.0833. The summed E-state index contributed by atoms with van der Waals surface area (Å²) in [5.74, 6) is -1.25. The summed E-state index contributed by atoms with van der Waals surface area (Å²) in [6.45, 7) is 0. The van der Waals surface area contributed by atoms with E-state index in [1.807, 2.05) is 0 Å². The maximum atomic E-state index is 12.3. The van der Waals surface area contributed by atoms with Gasteiger partial charge in [-0.25, -0.2) is 10.2 Å². The lowest BCUT2D eigenvalue weighted by atomic mass is 10.2. The second-order valence-electron chi connectivity index (χ2n) is 6.69. The number of ether oxygens (including phenoxy) is 3. The van der Waals surface area contributed by atoms with Gasteiger partial charge in [-0.05, 0) is 66.2 Å². The quantitative estimate of drug-likeness (QED) is 0.175. The zero-order valence-corrected chi connectivity index (χ0v) is 19.0. The molecule has 0 fully saturated rings. The first kappa shape index (κ1) is 24.3. The molecule has 0 saturated carbocycles. The molecule has 3 aromatic rings. The van der Waals surface area contributed by atoms with E-state index in [0.717, 1.165) is 0 Å². The van der Waals surface area contributed by atoms with Crippen LogP contribution in [0.1, 0.15) is 15.9 Å². The summed E-state index contributed by atoms with van der Waals surface area (Å²) < 4.78 is 15.5. The van der Waals surface area contributed by atoms with Crippen LogP contribution in [0.25, 0.3) is 0 Å². The van der Waals surface area contributed by atoms with Crippen LogP contribution in [0.3, 0.4) is 0 Å². The number of nitrogens with one attached hydrogen (secondary N) is 2. The molecular weight excluding hydrogens is 462 g/mol. The number of amides is 2. The molecule has 0 spiro atoms. The molecule has 0 aliphatic carbocycles. The van der Waals surface area contributed by atoms with Crippen LogP contribution >= 0.6 is 11.6 Å². The Morgan fingerprint density at radius 2 is 1.65 bits per heavy atom. The van der Waals surface area contributed by atoms with Crippen molar-refractivity contribution in [3.63, 3.8) is 0 Å². The van der Waals surface area contributed by atoms with Crippen LogP contribution in [0.5, 0.6) is 17.2 Å². The van der Waals surface area contributed by atoms with E-state index in [1.54, 1.807) is 60.7 Å². The number of hydrazone groups is 1. The molecule has 34 heavy (non-hydrogen) atoms. The summed E-state index contributed by atoms with van der Waals surface area (Å²) in [6.07, 6.45) is 1.33. The number of nitrogens with zero attached hydrogens (tertiary/aromatic N) is 1. The molecule has 0 aliphatic rings. The van der Waals surface area contributed by atoms with Gasteiger partial charge in [-0.3, -0.25) is 9.59 Å². The molecule has 0 atom stereocenters. The fourth-order valence-electron chi connectivity index (χ4n) is 2.71. The van der Waals surface area contributed by atoms with Crippen molar-refractivity contribution in [1.82, 2.24) is 5.43 Å². The van der Waals surface area contributed by atoms with E-state index < -0.39 is 17.8 Å². The van der Waals surface area contributed by atoms with Gasteiger partial charge in [0.25, 0.3) is 0 Å². The lowest BCUT2D eigenvalue weighted by Gasteiger charge is -2.09. The molecule has 9 nitrogen and oxygen atoms in total. The molecule has 0 unspecified atom stereocenters. The van der Waals surface area contributed by atoms with Gasteiger partial charge in [0.2, 0.25) is 0 Å². The van der Waals surface area contributed by atoms with Crippen molar-refractivity contribution in [1.29, 1.82) is 0 Å². The molecule has 3 rings (SSSR count). The number of carbonyl (C=O) groups is 3. The van der Waals surface area contributed by atoms with Gasteiger partial charge in [-0.2, -0.15) is 5.10 Å². The van der Waals surface area contributed by atoms with E-state index in [9.17, 15) is 14.4 Å². The smallest absolute Gasteiger partial charge is 0.343 e. The van der Waals surface area contributed by atoms with Gasteiger partial charge in [0.15, 0.2) is 0 Å². The monoisotopic (exact) mass is 481 g/mol. The Morgan fingerprint density at radius 3 is 2.35 bits per heavy atom. The molecule has 0 aliphatic heterocycles. The highest BCUT2D eigenvalue weighted by atomic mass is 35.5. The highest BCUT2D eigenvalue weighted by Gasteiger charge is 2.15. The third-order valence-corrected chi connectivity index (χ3v) is 4.63. The van der Waals surface area contributed by atoms with Crippen LogP contribution in [-0.4, -0.2) is 38.2 Å². The van der Waals surface area contributed by atoms with Crippen LogP contribution in [0.15, 0.2) is 71.8 Å². The van der Waals surface area contributed by atoms with Gasteiger partial charge in [0.05, 0.1) is 31.7 Å². The van der Waals surface area contributed by atoms with Gasteiger partial charge in [-0.15, -0.1) is 0 Å². The first-order valence-electron chi connectivity index (χ1n) is 9.84. The Bertz CT molecular complexity index is 1230. The second kappa shape index (κ2) is 11.5. The summed E-state index contributed by atoms with van der Waals surface area (Å²) >= 11 is 5.91. The number of anilines is 1. The largest absolute Gasteiger partial charge is 0.497 e. The Balaban J connectivity index is 1.54. The Labute approximate surface area is 200 Å². The van der Waals surface area contributed by atoms with Crippen LogP contribution in [0, 0.1) is 0 Å². The van der Waals surface area contributed by atoms with E-state index in [2.05, 4.69) is 15.8 Å². The predicted molar refractivity (Wildman–Crippen MR) is 127 cm³/mol. The van der Waals surface area contributed by atoms with E-state index in [1.165, 1.54) is 26.5 Å². The lowest BCUT2D eigenvalue weighted by Crippen LogP contribution is -2.32. The number of halogens is 1. The summed E-state index contributed by atoms with van der Waals surface area (Å²) in [6, 6.07) is 17.6. The molecule has 0 heterocycles. The average Bonchev–Trinajstić information content (AvgIpc) is 2.85. The van der Waals surface area contributed by atoms with Crippen LogP contribution in [0.4, 0.5) is 5.69 Å². The standard InChI is InChI=1S/C24H20ClN3O6/c1-32-19-5-3-4-16(12-19)24(31)34-18-9-6-15(7-10-18)14-26-28-23(30)22(29)27-20-13-17(25)8-11-21(20)33-2/h3-14H,1-2H3,(H,27,29)(H,28,30)/b26-14+. The summed E-state index contributed by atoms with van der Waals surface area (Å²) in [5, 5.41) is 6.53. The fourth-order valence-corrected chi connectivity index (χ4v) is 2.88. The van der Waals surface area contributed by atoms with Gasteiger partial charge in [0.1, 0.15) is 17.2 Å². The average molecular weight is 482 g/mol. The molecule has 2 N–H and O–H groups in total. The number of hydrogen-bond acceptors (Lipinski definition) is 7. The predicted octanol–water partition coefficient (Wildman–Crippen LogP) is 3.67. The molecule has 2 amide bonds. The number of rotatable bonds is 7. The minimum Gasteiger partial charge on any atom is -0.497 e.